The molecule has 0 saturated heterocycles. The van der Waals surface area contributed by atoms with E-state index in [-0.39, 0.29) is 17.1 Å². The smallest absolute Gasteiger partial charge is 0.228 e. The number of ketones is 1. The highest BCUT2D eigenvalue weighted by Gasteiger charge is 2.43. The van der Waals surface area contributed by atoms with Gasteiger partial charge in [-0.2, -0.15) is 0 Å². The van der Waals surface area contributed by atoms with Crippen molar-refractivity contribution in [1.82, 2.24) is 19.6 Å². The van der Waals surface area contributed by atoms with Crippen LogP contribution in [0.15, 0.2) is 72.3 Å². The largest absolute Gasteiger partial charge is 0.442 e. The zero-order chi connectivity index (χ0) is 22.7. The third kappa shape index (κ3) is 3.17. The van der Waals surface area contributed by atoms with Gasteiger partial charge in [-0.05, 0) is 23.5 Å². The van der Waals surface area contributed by atoms with Crippen molar-refractivity contribution in [3.8, 4) is 17.3 Å². The average molecular weight is 437 g/mol. The van der Waals surface area contributed by atoms with E-state index in [9.17, 15) is 4.79 Å². The first-order chi connectivity index (χ1) is 15.9. The van der Waals surface area contributed by atoms with Crippen LogP contribution < -0.4 is 4.74 Å². The monoisotopic (exact) mass is 436 g/mol. The van der Waals surface area contributed by atoms with E-state index in [4.69, 9.17) is 14.8 Å². The van der Waals surface area contributed by atoms with Crippen LogP contribution in [0.4, 0.5) is 0 Å². The number of Topliss-reactive ketones (excluding diaryl/α,β-unsaturated/α-hetero) is 1. The number of fused-ring (bicyclic) bond motifs is 3. The number of aryl methyl sites for hydroxylation is 1. The maximum atomic E-state index is 13.4. The van der Waals surface area contributed by atoms with Crippen molar-refractivity contribution in [3.05, 3.63) is 88.9 Å². The van der Waals surface area contributed by atoms with Gasteiger partial charge >= 0.3 is 0 Å². The molecule has 0 bridgehead atoms. The van der Waals surface area contributed by atoms with E-state index < -0.39 is 0 Å². The minimum absolute atomic E-state index is 0.126. The van der Waals surface area contributed by atoms with Crippen molar-refractivity contribution < 1.29 is 9.53 Å². The lowest BCUT2D eigenvalue weighted by molar-refractivity contribution is -0.118. The Balaban J connectivity index is 1.61. The van der Waals surface area contributed by atoms with Gasteiger partial charge in [0.15, 0.2) is 17.3 Å². The molecule has 0 saturated carbocycles. The fourth-order valence-corrected chi connectivity index (χ4v) is 5.06. The van der Waals surface area contributed by atoms with E-state index in [0.29, 0.717) is 30.2 Å². The van der Waals surface area contributed by atoms with Gasteiger partial charge in [0.25, 0.3) is 0 Å². The van der Waals surface area contributed by atoms with Gasteiger partial charge in [0.05, 0.1) is 5.56 Å². The summed E-state index contributed by atoms with van der Waals surface area (Å²) in [5, 5.41) is 4.71. The summed E-state index contributed by atoms with van der Waals surface area (Å²) < 4.78 is 8.00. The molecular formula is C27H24N4O2. The molecular weight excluding hydrogens is 412 g/mol. The number of aromatic nitrogens is 4. The van der Waals surface area contributed by atoms with Crippen LogP contribution in [0.3, 0.4) is 0 Å². The molecule has 164 valence electrons. The van der Waals surface area contributed by atoms with Gasteiger partial charge in [0.1, 0.15) is 12.1 Å². The summed E-state index contributed by atoms with van der Waals surface area (Å²) in [6.45, 7) is 6.26. The Kier molecular flexibility index (Phi) is 4.27. The molecule has 2 aliphatic rings. The van der Waals surface area contributed by atoms with Gasteiger partial charge in [-0.3, -0.25) is 4.79 Å². The fourth-order valence-electron chi connectivity index (χ4n) is 5.06. The molecule has 2 aromatic carbocycles. The third-order valence-electron chi connectivity index (χ3n) is 6.58. The number of rotatable bonds is 2. The van der Waals surface area contributed by atoms with Gasteiger partial charge in [0.2, 0.25) is 5.88 Å². The highest BCUT2D eigenvalue weighted by Crippen LogP contribution is 2.50. The van der Waals surface area contributed by atoms with E-state index in [0.717, 1.165) is 33.6 Å². The highest BCUT2D eigenvalue weighted by atomic mass is 16.5. The standard InChI is InChI=1S/C27H24N4O2/c1-16-9-7-8-12-18(16)24-29-25-23-21(17-10-5-4-6-11-17)22-19(32)13-27(2,3)14-20(22)33-26(23)28-15-31(25)30-24/h4-12,15,21H,13-14H2,1-3H3. The predicted octanol–water partition coefficient (Wildman–Crippen LogP) is 5.27. The quantitative estimate of drug-likeness (QED) is 0.428. The Morgan fingerprint density at radius 2 is 1.79 bits per heavy atom. The second kappa shape index (κ2) is 7.10. The summed E-state index contributed by atoms with van der Waals surface area (Å²) in [7, 11) is 0. The van der Waals surface area contributed by atoms with Gasteiger partial charge in [-0.1, -0.05) is 68.4 Å². The SMILES string of the molecule is Cc1ccccc1-c1nc2c3c(ncn2n1)OC1=C(C(=O)CC(C)(C)C1)C3c1ccccc1. The summed E-state index contributed by atoms with van der Waals surface area (Å²) in [6.07, 6.45) is 2.84. The lowest BCUT2D eigenvalue weighted by Crippen LogP contribution is -2.33. The molecule has 33 heavy (non-hydrogen) atoms. The molecule has 6 rings (SSSR count). The first kappa shape index (κ1) is 19.9. The lowest BCUT2D eigenvalue weighted by atomic mass is 9.70. The van der Waals surface area contributed by atoms with Crippen molar-refractivity contribution >= 4 is 11.4 Å². The zero-order valence-corrected chi connectivity index (χ0v) is 18.9. The number of carbonyl (C=O) groups is 1. The van der Waals surface area contributed by atoms with E-state index in [1.165, 1.54) is 0 Å². The molecule has 1 aliphatic heterocycles. The molecule has 0 fully saturated rings. The average Bonchev–Trinajstić information content (AvgIpc) is 3.22. The van der Waals surface area contributed by atoms with Crippen LogP contribution in [-0.4, -0.2) is 25.4 Å². The molecule has 6 heteroatoms. The van der Waals surface area contributed by atoms with Crippen molar-refractivity contribution in [3.63, 3.8) is 0 Å². The number of allylic oxidation sites excluding steroid dienone is 2. The maximum Gasteiger partial charge on any atom is 0.228 e. The predicted molar refractivity (Wildman–Crippen MR) is 125 cm³/mol. The molecule has 2 aromatic heterocycles. The molecule has 0 spiro atoms. The van der Waals surface area contributed by atoms with Crippen molar-refractivity contribution in [2.75, 3.05) is 0 Å². The topological polar surface area (TPSA) is 69.4 Å². The number of nitrogens with zero attached hydrogens (tertiary/aromatic N) is 4. The van der Waals surface area contributed by atoms with Gasteiger partial charge in [-0.15, -0.1) is 5.10 Å². The Bertz CT molecular complexity index is 1450. The molecule has 0 N–H and O–H groups in total. The van der Waals surface area contributed by atoms with E-state index in [2.05, 4.69) is 31.0 Å². The summed E-state index contributed by atoms with van der Waals surface area (Å²) >= 11 is 0. The summed E-state index contributed by atoms with van der Waals surface area (Å²) in [5.74, 6) is 1.70. The Labute approximate surface area is 192 Å². The molecule has 1 aliphatic carbocycles. The minimum atomic E-state index is -0.293. The maximum absolute atomic E-state index is 13.4. The number of hydrogen-bond acceptors (Lipinski definition) is 5. The van der Waals surface area contributed by atoms with Gasteiger partial charge in [0, 0.05) is 29.9 Å². The highest BCUT2D eigenvalue weighted by molar-refractivity contribution is 6.00. The molecule has 1 atom stereocenters. The Morgan fingerprint density at radius 3 is 2.58 bits per heavy atom. The van der Waals surface area contributed by atoms with Crippen LogP contribution in [0, 0.1) is 12.3 Å². The summed E-state index contributed by atoms with van der Waals surface area (Å²) in [4.78, 5) is 23.0. The normalized spacial score (nSPS) is 19.2. The van der Waals surface area contributed by atoms with Crippen LogP contribution in [0.5, 0.6) is 5.88 Å². The Morgan fingerprint density at radius 1 is 1.03 bits per heavy atom. The van der Waals surface area contributed by atoms with E-state index >= 15 is 0 Å². The van der Waals surface area contributed by atoms with Gasteiger partial charge in [-0.25, -0.2) is 14.5 Å². The van der Waals surface area contributed by atoms with Crippen molar-refractivity contribution in [1.29, 1.82) is 0 Å². The van der Waals surface area contributed by atoms with Crippen molar-refractivity contribution in [2.24, 2.45) is 5.41 Å². The Hall–Kier alpha value is -3.80. The van der Waals surface area contributed by atoms with E-state index in [1.54, 1.807) is 10.8 Å². The molecule has 0 amide bonds. The van der Waals surface area contributed by atoms with Crippen molar-refractivity contribution in [2.45, 2.75) is 39.5 Å². The van der Waals surface area contributed by atoms with Crippen LogP contribution >= 0.6 is 0 Å². The number of benzene rings is 2. The van der Waals surface area contributed by atoms with Crippen LogP contribution in [0.2, 0.25) is 0 Å². The lowest BCUT2D eigenvalue weighted by Gasteiger charge is -2.37. The molecule has 4 aromatic rings. The minimum Gasteiger partial charge on any atom is -0.442 e. The second-order valence-corrected chi connectivity index (χ2v) is 9.71. The molecule has 3 heterocycles. The zero-order valence-electron chi connectivity index (χ0n) is 18.9. The van der Waals surface area contributed by atoms with Crippen LogP contribution in [0.25, 0.3) is 17.0 Å². The number of carbonyl (C=O) groups excluding carboxylic acids is 1. The van der Waals surface area contributed by atoms with Gasteiger partial charge < -0.3 is 4.74 Å². The van der Waals surface area contributed by atoms with E-state index in [1.807, 2.05) is 49.4 Å². The summed E-state index contributed by atoms with van der Waals surface area (Å²) in [5.41, 5.74) is 5.13. The summed E-state index contributed by atoms with van der Waals surface area (Å²) in [6, 6.07) is 18.1. The molecule has 1 unspecified atom stereocenters. The third-order valence-corrected chi connectivity index (χ3v) is 6.58. The van der Waals surface area contributed by atoms with Crippen LogP contribution in [0.1, 0.15) is 49.3 Å². The molecule has 6 nitrogen and oxygen atoms in total. The number of ether oxygens (including phenoxy) is 1. The second-order valence-electron chi connectivity index (χ2n) is 9.71. The molecule has 0 radical (unpaired) electrons. The van der Waals surface area contributed by atoms with Crippen LogP contribution in [-0.2, 0) is 4.79 Å². The first-order valence-electron chi connectivity index (χ1n) is 11.2. The first-order valence-corrected chi connectivity index (χ1v) is 11.2. The number of hydrogen-bond donors (Lipinski definition) is 0. The fraction of sp³-hybridized carbons (Fsp3) is 0.259.